The lowest BCUT2D eigenvalue weighted by Crippen LogP contribution is -2.24. The Hall–Kier alpha value is -1.60. The van der Waals surface area contributed by atoms with Gasteiger partial charge in [0.05, 0.1) is 10.3 Å². The number of carbonyl (C=O) groups excluding carboxylic acids is 1. The maximum absolute atomic E-state index is 12.6. The van der Waals surface area contributed by atoms with E-state index in [1.807, 2.05) is 49.4 Å². The zero-order chi connectivity index (χ0) is 18.5. The van der Waals surface area contributed by atoms with Crippen molar-refractivity contribution in [3.63, 3.8) is 0 Å². The second-order valence-corrected chi connectivity index (χ2v) is 8.45. The Morgan fingerprint density at radius 3 is 2.58 bits per heavy atom. The second-order valence-electron chi connectivity index (χ2n) is 5.35. The van der Waals surface area contributed by atoms with E-state index in [2.05, 4.69) is 15.5 Å². The lowest BCUT2D eigenvalue weighted by atomic mass is 10.2. The molecule has 0 aliphatic heterocycles. The number of aromatic nitrogens is 2. The van der Waals surface area contributed by atoms with E-state index < -0.39 is 0 Å². The van der Waals surface area contributed by atoms with Gasteiger partial charge in [-0.2, -0.15) is 0 Å². The number of hydrogen-bond donors (Lipinski definition) is 1. The second kappa shape index (κ2) is 8.86. The molecule has 1 atom stereocenters. The van der Waals surface area contributed by atoms with Gasteiger partial charge in [0.2, 0.25) is 11.0 Å². The SMILES string of the molecule is CCC(Sc1ccc(Cl)cc1)C(=O)Nc1nnc(-c2ccccc2Cl)s1. The summed E-state index contributed by atoms with van der Waals surface area (Å²) in [6.07, 6.45) is 0.690. The summed E-state index contributed by atoms with van der Waals surface area (Å²) in [6, 6.07) is 14.9. The summed E-state index contributed by atoms with van der Waals surface area (Å²) in [5, 5.41) is 13.2. The van der Waals surface area contributed by atoms with Crippen molar-refractivity contribution in [2.75, 3.05) is 5.32 Å². The summed E-state index contributed by atoms with van der Waals surface area (Å²) in [5.41, 5.74) is 0.801. The molecule has 0 aliphatic rings. The Balaban J connectivity index is 1.68. The molecule has 0 spiro atoms. The standard InChI is InChI=1S/C18H15Cl2N3OS2/c1-2-15(25-12-9-7-11(19)8-10-12)16(24)21-18-23-22-17(26-18)13-5-3-4-6-14(13)20/h3-10,15H,2H2,1H3,(H,21,23,24). The quantitative estimate of drug-likeness (QED) is 0.492. The van der Waals surface area contributed by atoms with E-state index in [9.17, 15) is 4.79 Å². The lowest BCUT2D eigenvalue weighted by Gasteiger charge is -2.13. The van der Waals surface area contributed by atoms with Crippen LogP contribution >= 0.6 is 46.3 Å². The van der Waals surface area contributed by atoms with Gasteiger partial charge in [-0.3, -0.25) is 10.1 Å². The van der Waals surface area contributed by atoms with Crippen molar-refractivity contribution in [3.8, 4) is 10.6 Å². The van der Waals surface area contributed by atoms with Gasteiger partial charge in [-0.15, -0.1) is 22.0 Å². The number of thioether (sulfide) groups is 1. The molecule has 1 unspecified atom stereocenters. The van der Waals surface area contributed by atoms with Gasteiger partial charge in [-0.1, -0.05) is 59.7 Å². The van der Waals surface area contributed by atoms with E-state index in [-0.39, 0.29) is 11.2 Å². The molecule has 2 aromatic carbocycles. The number of halogens is 2. The molecule has 134 valence electrons. The zero-order valence-corrected chi connectivity index (χ0v) is 16.9. The summed E-state index contributed by atoms with van der Waals surface area (Å²) in [7, 11) is 0. The van der Waals surface area contributed by atoms with Gasteiger partial charge < -0.3 is 0 Å². The highest BCUT2D eigenvalue weighted by atomic mass is 35.5. The highest BCUT2D eigenvalue weighted by Gasteiger charge is 2.20. The van der Waals surface area contributed by atoms with Crippen molar-refractivity contribution < 1.29 is 4.79 Å². The van der Waals surface area contributed by atoms with E-state index >= 15 is 0 Å². The predicted molar refractivity (Wildman–Crippen MR) is 110 cm³/mol. The maximum Gasteiger partial charge on any atom is 0.239 e. The van der Waals surface area contributed by atoms with Gasteiger partial charge in [0.15, 0.2) is 5.01 Å². The number of nitrogens with one attached hydrogen (secondary N) is 1. The molecule has 26 heavy (non-hydrogen) atoms. The van der Waals surface area contributed by atoms with Crippen molar-refractivity contribution in [3.05, 3.63) is 58.6 Å². The van der Waals surface area contributed by atoms with Gasteiger partial charge in [-0.25, -0.2) is 0 Å². The molecule has 1 aromatic heterocycles. The summed E-state index contributed by atoms with van der Waals surface area (Å²) in [5.74, 6) is -0.102. The Kier molecular flexibility index (Phi) is 6.53. The summed E-state index contributed by atoms with van der Waals surface area (Å²) < 4.78 is 0. The summed E-state index contributed by atoms with van der Waals surface area (Å²) in [6.45, 7) is 1.97. The molecule has 3 rings (SSSR count). The van der Waals surface area contributed by atoms with Crippen LogP contribution in [0.25, 0.3) is 10.6 Å². The topological polar surface area (TPSA) is 54.9 Å². The molecular formula is C18H15Cl2N3OS2. The first kappa shape index (κ1) is 19.2. The third kappa shape index (κ3) is 4.76. The Bertz CT molecular complexity index is 899. The molecule has 1 N–H and O–H groups in total. The number of carbonyl (C=O) groups is 1. The first-order valence-corrected chi connectivity index (χ1v) is 10.3. The molecule has 0 radical (unpaired) electrons. The van der Waals surface area contributed by atoms with Crippen molar-refractivity contribution in [2.24, 2.45) is 0 Å². The fourth-order valence-corrected chi connectivity index (χ4v) is 4.35. The van der Waals surface area contributed by atoms with Crippen LogP contribution in [0.15, 0.2) is 53.4 Å². The van der Waals surface area contributed by atoms with E-state index in [0.29, 0.717) is 26.6 Å². The highest BCUT2D eigenvalue weighted by Crippen LogP contribution is 2.32. The number of nitrogens with zero attached hydrogens (tertiary/aromatic N) is 2. The fraction of sp³-hybridized carbons (Fsp3) is 0.167. The van der Waals surface area contributed by atoms with Crippen molar-refractivity contribution in [1.29, 1.82) is 0 Å². The monoisotopic (exact) mass is 423 g/mol. The number of hydrogen-bond acceptors (Lipinski definition) is 5. The van der Waals surface area contributed by atoms with Crippen LogP contribution in [0.4, 0.5) is 5.13 Å². The largest absolute Gasteiger partial charge is 0.300 e. The average molecular weight is 424 g/mol. The third-order valence-corrected chi connectivity index (χ3v) is 6.34. The van der Waals surface area contributed by atoms with Gasteiger partial charge in [0, 0.05) is 15.5 Å². The van der Waals surface area contributed by atoms with Gasteiger partial charge in [0.25, 0.3) is 0 Å². The molecule has 1 heterocycles. The van der Waals surface area contributed by atoms with Crippen LogP contribution in [0, 0.1) is 0 Å². The first-order valence-electron chi connectivity index (χ1n) is 7.88. The highest BCUT2D eigenvalue weighted by molar-refractivity contribution is 8.00. The molecule has 0 fully saturated rings. The molecule has 1 amide bonds. The van der Waals surface area contributed by atoms with Crippen LogP contribution in [0.5, 0.6) is 0 Å². The fourth-order valence-electron chi connectivity index (χ4n) is 2.20. The minimum absolute atomic E-state index is 0.102. The average Bonchev–Trinajstić information content (AvgIpc) is 3.09. The van der Waals surface area contributed by atoms with Crippen LogP contribution in [-0.4, -0.2) is 21.4 Å². The van der Waals surface area contributed by atoms with Crippen LogP contribution in [-0.2, 0) is 4.79 Å². The van der Waals surface area contributed by atoms with E-state index in [1.165, 1.54) is 23.1 Å². The Morgan fingerprint density at radius 2 is 1.88 bits per heavy atom. The number of rotatable bonds is 6. The number of anilines is 1. The number of amides is 1. The van der Waals surface area contributed by atoms with Gasteiger partial charge in [0.1, 0.15) is 0 Å². The Morgan fingerprint density at radius 1 is 1.15 bits per heavy atom. The molecule has 0 aliphatic carbocycles. The molecule has 8 heteroatoms. The van der Waals surface area contributed by atoms with Gasteiger partial charge >= 0.3 is 0 Å². The van der Waals surface area contributed by atoms with Crippen molar-refractivity contribution >= 4 is 57.3 Å². The summed E-state index contributed by atoms with van der Waals surface area (Å²) in [4.78, 5) is 13.6. The molecular weight excluding hydrogens is 409 g/mol. The van der Waals surface area contributed by atoms with Crippen molar-refractivity contribution in [2.45, 2.75) is 23.5 Å². The van der Waals surface area contributed by atoms with Crippen LogP contribution in [0.2, 0.25) is 10.0 Å². The summed E-state index contributed by atoms with van der Waals surface area (Å²) >= 11 is 14.9. The van der Waals surface area contributed by atoms with Gasteiger partial charge in [-0.05, 0) is 36.8 Å². The van der Waals surface area contributed by atoms with E-state index in [4.69, 9.17) is 23.2 Å². The third-order valence-electron chi connectivity index (χ3n) is 3.51. The molecule has 0 saturated heterocycles. The maximum atomic E-state index is 12.6. The van der Waals surface area contributed by atoms with E-state index in [0.717, 1.165) is 10.5 Å². The molecule has 0 saturated carbocycles. The number of benzene rings is 2. The smallest absolute Gasteiger partial charge is 0.239 e. The lowest BCUT2D eigenvalue weighted by molar-refractivity contribution is -0.115. The molecule has 3 aromatic rings. The Labute approximate surface area is 169 Å². The zero-order valence-electron chi connectivity index (χ0n) is 13.8. The molecule has 4 nitrogen and oxygen atoms in total. The van der Waals surface area contributed by atoms with Crippen molar-refractivity contribution in [1.82, 2.24) is 10.2 Å². The van der Waals surface area contributed by atoms with E-state index in [1.54, 1.807) is 6.07 Å². The normalized spacial score (nSPS) is 12.0. The molecule has 0 bridgehead atoms. The predicted octanol–water partition coefficient (Wildman–Crippen LogP) is 6.02. The van der Waals surface area contributed by atoms with Crippen LogP contribution in [0.1, 0.15) is 13.3 Å². The first-order chi connectivity index (χ1) is 12.6. The van der Waals surface area contributed by atoms with Crippen LogP contribution in [0.3, 0.4) is 0 Å². The minimum atomic E-state index is -0.233. The van der Waals surface area contributed by atoms with Crippen LogP contribution < -0.4 is 5.32 Å². The minimum Gasteiger partial charge on any atom is -0.300 e.